The van der Waals surface area contributed by atoms with E-state index in [1.807, 2.05) is 19.9 Å². The maximum Gasteiger partial charge on any atom is 0.265 e. The third-order valence-electron chi connectivity index (χ3n) is 3.00. The highest BCUT2D eigenvalue weighted by atomic mass is 35.5. The minimum absolute atomic E-state index is 0.00133. The second-order valence-electron chi connectivity index (χ2n) is 4.76. The van der Waals surface area contributed by atoms with Crippen molar-refractivity contribution in [2.45, 2.75) is 18.7 Å². The van der Waals surface area contributed by atoms with E-state index in [4.69, 9.17) is 23.2 Å². The quantitative estimate of drug-likeness (QED) is 0.795. The molecule has 0 spiro atoms. The summed E-state index contributed by atoms with van der Waals surface area (Å²) in [5.41, 5.74) is 2.55. The fourth-order valence-corrected chi connectivity index (χ4v) is 3.46. The molecule has 0 amide bonds. The second kappa shape index (κ2) is 5.83. The molecule has 21 heavy (non-hydrogen) atoms. The van der Waals surface area contributed by atoms with Gasteiger partial charge in [-0.1, -0.05) is 29.3 Å². The molecule has 2 rings (SSSR count). The first-order valence-corrected chi connectivity index (χ1v) is 8.29. The molecule has 112 valence electrons. The molecule has 1 aromatic carbocycles. The molecule has 0 bridgehead atoms. The van der Waals surface area contributed by atoms with Gasteiger partial charge in [-0.25, -0.2) is 13.4 Å². The van der Waals surface area contributed by atoms with Gasteiger partial charge in [0.1, 0.15) is 10.0 Å². The van der Waals surface area contributed by atoms with Crippen molar-refractivity contribution in [1.82, 2.24) is 4.98 Å². The zero-order valence-corrected chi connectivity index (χ0v) is 14.1. The van der Waals surface area contributed by atoms with E-state index in [-0.39, 0.29) is 15.1 Å². The minimum atomic E-state index is -3.74. The van der Waals surface area contributed by atoms with E-state index < -0.39 is 10.0 Å². The van der Waals surface area contributed by atoms with Crippen molar-refractivity contribution >= 4 is 38.9 Å². The van der Waals surface area contributed by atoms with E-state index in [9.17, 15) is 8.42 Å². The maximum atomic E-state index is 12.6. The van der Waals surface area contributed by atoms with Gasteiger partial charge in [0, 0.05) is 13.2 Å². The Morgan fingerprint density at radius 3 is 2.14 bits per heavy atom. The van der Waals surface area contributed by atoms with Crippen LogP contribution < -0.4 is 4.31 Å². The summed E-state index contributed by atoms with van der Waals surface area (Å²) >= 11 is 11.6. The molecule has 0 aliphatic heterocycles. The topological polar surface area (TPSA) is 50.3 Å². The molecule has 2 aromatic rings. The van der Waals surface area contributed by atoms with Crippen molar-refractivity contribution in [2.75, 3.05) is 11.4 Å². The van der Waals surface area contributed by atoms with Gasteiger partial charge in [0.15, 0.2) is 0 Å². The summed E-state index contributed by atoms with van der Waals surface area (Å²) in [6.07, 6.45) is 1.20. The maximum absolute atomic E-state index is 12.6. The van der Waals surface area contributed by atoms with E-state index in [1.165, 1.54) is 23.6 Å². The lowest BCUT2D eigenvalue weighted by molar-refractivity contribution is 0.594. The largest absolute Gasteiger partial charge is 0.269 e. The lowest BCUT2D eigenvalue weighted by Gasteiger charge is -2.20. The fraction of sp³-hybridized carbons (Fsp3) is 0.214. The number of benzene rings is 1. The van der Waals surface area contributed by atoms with Gasteiger partial charge in [-0.05, 0) is 43.2 Å². The van der Waals surface area contributed by atoms with E-state index in [0.29, 0.717) is 5.69 Å². The van der Waals surface area contributed by atoms with Gasteiger partial charge in [-0.2, -0.15) is 0 Å². The lowest BCUT2D eigenvalue weighted by Crippen LogP contribution is -2.26. The zero-order chi connectivity index (χ0) is 15.8. The van der Waals surface area contributed by atoms with Crippen LogP contribution >= 0.6 is 23.2 Å². The summed E-state index contributed by atoms with van der Waals surface area (Å²) in [5, 5.41) is 0.177. The zero-order valence-electron chi connectivity index (χ0n) is 11.8. The predicted octanol–water partition coefficient (Wildman–Crippen LogP) is 3.83. The van der Waals surface area contributed by atoms with Crippen LogP contribution in [-0.2, 0) is 10.0 Å². The van der Waals surface area contributed by atoms with Crippen LogP contribution in [0, 0.1) is 13.8 Å². The van der Waals surface area contributed by atoms with Gasteiger partial charge in [-0.3, -0.25) is 4.31 Å². The Labute approximate surface area is 134 Å². The molecule has 0 atom stereocenters. The SMILES string of the molecule is Cc1cc(C)cc(N(C)S(=O)(=O)c2cnc(Cl)c(Cl)c2)c1. The number of sulfonamides is 1. The Morgan fingerprint density at radius 1 is 1.05 bits per heavy atom. The molecule has 1 aromatic heterocycles. The highest BCUT2D eigenvalue weighted by Gasteiger charge is 2.23. The number of rotatable bonds is 3. The number of pyridine rings is 1. The Bertz CT molecular complexity index is 771. The van der Waals surface area contributed by atoms with Crippen LogP contribution in [0.25, 0.3) is 0 Å². The summed E-state index contributed by atoms with van der Waals surface area (Å²) < 4.78 is 26.4. The van der Waals surface area contributed by atoms with E-state index in [1.54, 1.807) is 12.1 Å². The van der Waals surface area contributed by atoms with Crippen molar-refractivity contribution in [2.24, 2.45) is 0 Å². The smallest absolute Gasteiger partial charge is 0.265 e. The van der Waals surface area contributed by atoms with Gasteiger partial charge >= 0.3 is 0 Å². The van der Waals surface area contributed by atoms with Crippen LogP contribution in [0.4, 0.5) is 5.69 Å². The molecule has 0 saturated heterocycles. The summed E-state index contributed by atoms with van der Waals surface area (Å²) in [6, 6.07) is 6.88. The molecule has 0 radical (unpaired) electrons. The first-order chi connectivity index (χ1) is 9.71. The molecule has 0 fully saturated rings. The molecule has 0 aliphatic carbocycles. The Balaban J connectivity index is 2.49. The Morgan fingerprint density at radius 2 is 1.62 bits per heavy atom. The van der Waals surface area contributed by atoms with Gasteiger partial charge in [0.25, 0.3) is 10.0 Å². The molecular formula is C14H14Cl2N2O2S. The molecule has 4 nitrogen and oxygen atoms in total. The van der Waals surface area contributed by atoms with E-state index in [0.717, 1.165) is 11.1 Å². The average molecular weight is 345 g/mol. The van der Waals surface area contributed by atoms with Gasteiger partial charge in [0.05, 0.1) is 10.7 Å². The van der Waals surface area contributed by atoms with Gasteiger partial charge < -0.3 is 0 Å². The average Bonchev–Trinajstić information content (AvgIpc) is 2.39. The second-order valence-corrected chi connectivity index (χ2v) is 7.50. The molecular weight excluding hydrogens is 331 g/mol. The van der Waals surface area contributed by atoms with Gasteiger partial charge in [-0.15, -0.1) is 0 Å². The standard InChI is InChI=1S/C14H14Cl2N2O2S/c1-9-4-10(2)6-11(5-9)18(3)21(19,20)12-7-13(15)14(16)17-8-12/h4-8H,1-3H3. The van der Waals surface area contributed by atoms with Crippen molar-refractivity contribution in [1.29, 1.82) is 0 Å². The minimum Gasteiger partial charge on any atom is -0.269 e. The first kappa shape index (κ1) is 16.1. The van der Waals surface area contributed by atoms with Crippen LogP contribution in [0.3, 0.4) is 0 Å². The van der Waals surface area contributed by atoms with Gasteiger partial charge in [0.2, 0.25) is 0 Å². The summed E-state index contributed by atoms with van der Waals surface area (Å²) in [6.45, 7) is 3.83. The Hall–Kier alpha value is -1.30. The molecule has 0 aliphatic rings. The number of hydrogen-bond donors (Lipinski definition) is 0. The monoisotopic (exact) mass is 344 g/mol. The highest BCUT2D eigenvalue weighted by molar-refractivity contribution is 7.92. The van der Waals surface area contributed by atoms with Crippen LogP contribution in [0.1, 0.15) is 11.1 Å². The molecule has 1 heterocycles. The molecule has 0 unspecified atom stereocenters. The normalized spacial score (nSPS) is 11.5. The van der Waals surface area contributed by atoms with Crippen molar-refractivity contribution in [3.05, 3.63) is 51.8 Å². The number of halogens is 2. The highest BCUT2D eigenvalue weighted by Crippen LogP contribution is 2.27. The molecule has 0 saturated carbocycles. The number of anilines is 1. The van der Waals surface area contributed by atoms with Crippen LogP contribution in [0.2, 0.25) is 10.2 Å². The van der Waals surface area contributed by atoms with E-state index >= 15 is 0 Å². The third-order valence-corrected chi connectivity index (χ3v) is 5.44. The predicted molar refractivity (Wildman–Crippen MR) is 85.8 cm³/mol. The molecule has 0 N–H and O–H groups in total. The number of aromatic nitrogens is 1. The molecule has 7 heteroatoms. The van der Waals surface area contributed by atoms with Crippen LogP contribution in [0.15, 0.2) is 35.4 Å². The fourth-order valence-electron chi connectivity index (χ4n) is 1.97. The Kier molecular flexibility index (Phi) is 4.46. The third kappa shape index (κ3) is 3.31. The summed E-state index contributed by atoms with van der Waals surface area (Å²) in [7, 11) is -2.24. The van der Waals surface area contributed by atoms with Crippen molar-refractivity contribution < 1.29 is 8.42 Å². The number of hydrogen-bond acceptors (Lipinski definition) is 3. The number of aryl methyl sites for hydroxylation is 2. The first-order valence-electron chi connectivity index (χ1n) is 6.10. The summed E-state index contributed by atoms with van der Waals surface area (Å²) in [5.74, 6) is 0. The van der Waals surface area contributed by atoms with Crippen LogP contribution in [0.5, 0.6) is 0 Å². The summed E-state index contributed by atoms with van der Waals surface area (Å²) in [4.78, 5) is 3.78. The lowest BCUT2D eigenvalue weighted by atomic mass is 10.1. The van der Waals surface area contributed by atoms with Crippen LogP contribution in [-0.4, -0.2) is 20.4 Å². The van der Waals surface area contributed by atoms with Crippen molar-refractivity contribution in [3.8, 4) is 0 Å². The van der Waals surface area contributed by atoms with Crippen molar-refractivity contribution in [3.63, 3.8) is 0 Å². The van der Waals surface area contributed by atoms with E-state index in [2.05, 4.69) is 4.98 Å². The number of nitrogens with zero attached hydrogens (tertiary/aromatic N) is 2.